The highest BCUT2D eigenvalue weighted by atomic mass is 79.9. The summed E-state index contributed by atoms with van der Waals surface area (Å²) in [5.41, 5.74) is 0. The molecular formula is H24Br24. The highest BCUT2D eigenvalue weighted by Gasteiger charge is -0.0906. The van der Waals surface area contributed by atoms with Gasteiger partial charge in [-0.05, 0) is 0 Å². The molecular weight excluding hydrogens is 1920 g/mol. The molecule has 24 heavy (non-hydrogen) atoms. The van der Waals surface area contributed by atoms with E-state index in [9.17, 15) is 0 Å². The van der Waals surface area contributed by atoms with E-state index in [2.05, 4.69) is 0 Å². The lowest BCUT2D eigenvalue weighted by Crippen LogP contribution is 0.845. The largest absolute Gasteiger partial charge is 0.114 e. The molecule has 0 aliphatic rings. The molecule has 0 N–H and O–H groups in total. The Hall–Kier alpha value is 11.5. The van der Waals surface area contributed by atoms with Gasteiger partial charge in [0.05, 0.1) is 0 Å². The molecule has 0 spiro atoms. The Labute approximate surface area is 398 Å². The summed E-state index contributed by atoms with van der Waals surface area (Å²) in [6.45, 7) is 0. The summed E-state index contributed by atoms with van der Waals surface area (Å²) >= 11 is 0. The van der Waals surface area contributed by atoms with E-state index in [1.54, 1.807) is 0 Å². The predicted octanol–water partition coefficient (Wildman–Crippen LogP) is 13.9. The second kappa shape index (κ2) is 292. The molecule has 24 heteroatoms. The summed E-state index contributed by atoms with van der Waals surface area (Å²) in [6, 6.07) is 0. The summed E-state index contributed by atoms with van der Waals surface area (Å²) in [6.07, 6.45) is 0. The summed E-state index contributed by atoms with van der Waals surface area (Å²) in [5, 5.41) is 0. The van der Waals surface area contributed by atoms with Crippen LogP contribution in [0.2, 0.25) is 0 Å². The van der Waals surface area contributed by atoms with E-state index in [0.29, 0.717) is 0 Å². The third kappa shape index (κ3) is 267. The molecule has 0 aromatic carbocycles. The molecule has 0 saturated carbocycles. The zero-order valence-corrected chi connectivity index (χ0v) is 50.9. The first-order valence-corrected chi connectivity index (χ1v) is 0. The molecule has 0 aliphatic heterocycles. The number of halogens is 24. The Morgan fingerprint density at radius 3 is 0.0417 bits per heavy atom. The van der Waals surface area contributed by atoms with E-state index in [0.717, 1.165) is 0 Å². The molecule has 0 bridgehead atoms. The van der Waals surface area contributed by atoms with Gasteiger partial charge in [-0.25, -0.2) is 0 Å². The fraction of sp³-hybridized carbons (Fsp3) is 0. The smallest absolute Gasteiger partial charge is 0.114 e. The van der Waals surface area contributed by atoms with Gasteiger partial charge in [0.15, 0.2) is 0 Å². The van der Waals surface area contributed by atoms with E-state index in [4.69, 9.17) is 0 Å². The first-order chi connectivity index (χ1) is 0. The van der Waals surface area contributed by atoms with Crippen molar-refractivity contribution in [3.05, 3.63) is 0 Å². The lowest BCUT2D eigenvalue weighted by atomic mass is 79.9. The van der Waals surface area contributed by atoms with Crippen LogP contribution in [0.1, 0.15) is 0 Å². The minimum Gasteiger partial charge on any atom is -0.114 e. The van der Waals surface area contributed by atoms with Crippen molar-refractivity contribution >= 4 is 408 Å². The van der Waals surface area contributed by atoms with Crippen molar-refractivity contribution in [2.75, 3.05) is 0 Å². The third-order valence-electron chi connectivity index (χ3n) is 0. The van der Waals surface area contributed by atoms with Crippen LogP contribution in [0.25, 0.3) is 0 Å². The van der Waals surface area contributed by atoms with Crippen molar-refractivity contribution < 1.29 is 0 Å². The zero-order chi connectivity index (χ0) is 0. The van der Waals surface area contributed by atoms with E-state index in [1.165, 1.54) is 0 Å². The fourth-order valence-corrected chi connectivity index (χ4v) is 0. The Bertz CT molecular complexity index is 0. The third-order valence-corrected chi connectivity index (χ3v) is 0. The minimum absolute atomic E-state index is 0. The fourth-order valence-electron chi connectivity index (χ4n) is 0. The van der Waals surface area contributed by atoms with Crippen LogP contribution in [-0.4, -0.2) is 0 Å². The second-order valence-electron chi connectivity index (χ2n) is 0. The highest BCUT2D eigenvalue weighted by Crippen LogP contribution is 0.869. The summed E-state index contributed by atoms with van der Waals surface area (Å²) < 4.78 is 0. The highest BCUT2D eigenvalue weighted by molar-refractivity contribution is 8.95. The van der Waals surface area contributed by atoms with Gasteiger partial charge in [0.2, 0.25) is 0 Å². The molecule has 0 atom stereocenters. The molecule has 0 rings (SSSR count). The van der Waals surface area contributed by atoms with Crippen LogP contribution in [0.4, 0.5) is 0 Å². The van der Waals surface area contributed by atoms with Gasteiger partial charge < -0.3 is 0 Å². The molecule has 0 heterocycles. The van der Waals surface area contributed by atoms with Crippen molar-refractivity contribution in [2.45, 2.75) is 0 Å². The standard InChI is InChI=1S/24BrH/h24*1H. The van der Waals surface area contributed by atoms with Crippen LogP contribution in [0.5, 0.6) is 0 Å². The topological polar surface area (TPSA) is 0 Å². The van der Waals surface area contributed by atoms with Crippen LogP contribution >= 0.6 is 408 Å². The molecule has 0 unspecified atom stereocenters. The van der Waals surface area contributed by atoms with E-state index in [-0.39, 0.29) is 408 Å². The van der Waals surface area contributed by atoms with Gasteiger partial charge in [-0.15, -0.1) is 408 Å². The molecule has 0 fully saturated rings. The summed E-state index contributed by atoms with van der Waals surface area (Å²) in [5.74, 6) is 0. The molecule has 0 aromatic rings. The maximum absolute atomic E-state index is 0. The predicted molar refractivity (Wildman–Crippen MR) is 248 cm³/mol. The molecule has 0 saturated heterocycles. The zero-order valence-electron chi connectivity index (χ0n) is 9.80. The minimum atomic E-state index is 0. The average Bonchev–Trinajstić information content (AvgIpc) is 0. The van der Waals surface area contributed by atoms with Gasteiger partial charge in [0.25, 0.3) is 0 Å². The van der Waals surface area contributed by atoms with Crippen LogP contribution < -0.4 is 0 Å². The Balaban J connectivity index is 0. The molecule has 192 valence electrons. The van der Waals surface area contributed by atoms with Crippen molar-refractivity contribution in [2.24, 2.45) is 0 Å². The number of hydrogen-bond donors (Lipinski definition) is 0. The molecule has 0 aliphatic carbocycles. The summed E-state index contributed by atoms with van der Waals surface area (Å²) in [4.78, 5) is 0. The van der Waals surface area contributed by atoms with Gasteiger partial charge in [-0.3, -0.25) is 0 Å². The van der Waals surface area contributed by atoms with Gasteiger partial charge in [0.1, 0.15) is 0 Å². The monoisotopic (exact) mass is 1920 g/mol. The molecule has 0 radical (unpaired) electrons. The Kier molecular flexibility index (Phi) is 3880. The van der Waals surface area contributed by atoms with Crippen molar-refractivity contribution in [1.29, 1.82) is 0 Å². The second-order valence-corrected chi connectivity index (χ2v) is 0. The van der Waals surface area contributed by atoms with E-state index >= 15 is 0 Å². The molecule has 0 amide bonds. The van der Waals surface area contributed by atoms with Crippen LogP contribution in [0.3, 0.4) is 0 Å². The maximum atomic E-state index is 0. The van der Waals surface area contributed by atoms with Crippen LogP contribution in [0, 0.1) is 0 Å². The van der Waals surface area contributed by atoms with Crippen molar-refractivity contribution in [1.82, 2.24) is 0 Å². The molecule has 0 nitrogen and oxygen atoms in total. The lowest BCUT2D eigenvalue weighted by molar-refractivity contribution is 8.93. The van der Waals surface area contributed by atoms with E-state index < -0.39 is 0 Å². The normalized spacial score (nSPS) is 0. The summed E-state index contributed by atoms with van der Waals surface area (Å²) in [7, 11) is 0. The van der Waals surface area contributed by atoms with Gasteiger partial charge in [-0.1, -0.05) is 0 Å². The SMILES string of the molecule is Br.Br.Br.Br.Br.Br.Br.Br.Br.Br.Br.Br.Br.Br.Br.Br.Br.Br.Br.Br.Br.Br.Br.Br. The maximum Gasteiger partial charge on any atom is -0.114 e. The lowest BCUT2D eigenvalue weighted by Gasteiger charge is -0.115. The van der Waals surface area contributed by atoms with E-state index in [1.807, 2.05) is 0 Å². The quantitative estimate of drug-likeness (QED) is 0.227. The van der Waals surface area contributed by atoms with Gasteiger partial charge in [-0.2, -0.15) is 0 Å². The molecule has 0 aromatic heterocycles. The average molecular weight is 1940 g/mol. The Morgan fingerprint density at radius 2 is 0.0417 bits per heavy atom. The van der Waals surface area contributed by atoms with Gasteiger partial charge >= 0.3 is 0 Å². The van der Waals surface area contributed by atoms with Crippen LogP contribution in [-0.2, 0) is 0 Å². The number of rotatable bonds is 0. The van der Waals surface area contributed by atoms with Gasteiger partial charge in [0, 0.05) is 0 Å². The van der Waals surface area contributed by atoms with Crippen LogP contribution in [0.15, 0.2) is 0 Å². The Morgan fingerprint density at radius 1 is 0.0417 bits per heavy atom. The first kappa shape index (κ1) is 319. The van der Waals surface area contributed by atoms with Crippen molar-refractivity contribution in [3.8, 4) is 0 Å². The first-order valence-electron chi connectivity index (χ1n) is 0. The number of hydrogen-bond acceptors (Lipinski definition) is 0. The van der Waals surface area contributed by atoms with Crippen molar-refractivity contribution in [3.63, 3.8) is 0 Å².